The first kappa shape index (κ1) is 15.3. The summed E-state index contributed by atoms with van der Waals surface area (Å²) in [6.45, 7) is 7.24. The number of aliphatic hydroxyl groups excluding tert-OH is 1. The van der Waals surface area contributed by atoms with Crippen LogP contribution in [0.15, 0.2) is 24.3 Å². The van der Waals surface area contributed by atoms with Crippen LogP contribution in [0.5, 0.6) is 0 Å². The average Bonchev–Trinajstić information content (AvgIpc) is 2.94. The summed E-state index contributed by atoms with van der Waals surface area (Å²) in [5.41, 5.74) is 1.10. The first-order chi connectivity index (χ1) is 11.2. The second kappa shape index (κ2) is 6.36. The summed E-state index contributed by atoms with van der Waals surface area (Å²) in [4.78, 5) is 7.20. The summed E-state index contributed by atoms with van der Waals surface area (Å²) >= 11 is 0. The van der Waals surface area contributed by atoms with E-state index in [1.807, 2.05) is 12.1 Å². The molecule has 1 N–H and O–H groups in total. The molecule has 0 amide bonds. The van der Waals surface area contributed by atoms with Gasteiger partial charge < -0.3 is 14.7 Å². The molecule has 0 bridgehead atoms. The molecule has 6 heteroatoms. The van der Waals surface area contributed by atoms with Gasteiger partial charge in [0, 0.05) is 51.0 Å². The minimum Gasteiger partial charge on any atom is -0.389 e. The van der Waals surface area contributed by atoms with Crippen LogP contribution in [0.25, 0.3) is 0 Å². The zero-order valence-electron chi connectivity index (χ0n) is 13.3. The van der Waals surface area contributed by atoms with Crippen molar-refractivity contribution in [2.75, 3.05) is 57.4 Å². The van der Waals surface area contributed by atoms with Gasteiger partial charge in [0.25, 0.3) is 0 Å². The van der Waals surface area contributed by atoms with Crippen LogP contribution < -0.4 is 4.90 Å². The molecule has 0 aliphatic carbocycles. The van der Waals surface area contributed by atoms with E-state index in [1.165, 1.54) is 12.1 Å². The number of anilines is 1. The molecular formula is C17H24FN3O2. The molecule has 0 aromatic heterocycles. The van der Waals surface area contributed by atoms with E-state index < -0.39 is 0 Å². The number of halogens is 1. The Bertz CT molecular complexity index is 527. The maximum atomic E-state index is 13.0. The van der Waals surface area contributed by atoms with E-state index in [2.05, 4.69) is 14.7 Å². The van der Waals surface area contributed by atoms with Gasteiger partial charge in [-0.2, -0.15) is 0 Å². The molecule has 2 unspecified atom stereocenters. The van der Waals surface area contributed by atoms with E-state index in [-0.39, 0.29) is 18.0 Å². The van der Waals surface area contributed by atoms with Gasteiger partial charge in [-0.25, -0.2) is 4.39 Å². The molecule has 0 saturated carbocycles. The second-order valence-electron chi connectivity index (χ2n) is 6.78. The minimum absolute atomic E-state index is 0.181. The van der Waals surface area contributed by atoms with Crippen molar-refractivity contribution in [1.82, 2.24) is 9.80 Å². The largest absolute Gasteiger partial charge is 0.389 e. The Hall–Kier alpha value is -1.21. The van der Waals surface area contributed by atoms with Gasteiger partial charge in [-0.05, 0) is 24.3 Å². The third-order valence-corrected chi connectivity index (χ3v) is 5.40. The van der Waals surface area contributed by atoms with Gasteiger partial charge in [-0.15, -0.1) is 0 Å². The molecule has 3 fully saturated rings. The highest BCUT2D eigenvalue weighted by Gasteiger charge is 2.41. The molecule has 0 radical (unpaired) electrons. The van der Waals surface area contributed by atoms with Gasteiger partial charge in [-0.3, -0.25) is 9.80 Å². The van der Waals surface area contributed by atoms with E-state index in [0.717, 1.165) is 45.0 Å². The maximum Gasteiger partial charge on any atom is 0.123 e. The Morgan fingerprint density at radius 1 is 0.957 bits per heavy atom. The van der Waals surface area contributed by atoms with Crippen molar-refractivity contribution in [3.63, 3.8) is 0 Å². The lowest BCUT2D eigenvalue weighted by Gasteiger charge is -2.50. The molecule has 2 atom stereocenters. The van der Waals surface area contributed by atoms with Crippen molar-refractivity contribution in [2.24, 2.45) is 0 Å². The minimum atomic E-state index is -0.328. The molecule has 4 rings (SSSR count). The highest BCUT2D eigenvalue weighted by Crippen LogP contribution is 2.25. The average molecular weight is 321 g/mol. The smallest absolute Gasteiger partial charge is 0.123 e. The lowest BCUT2D eigenvalue weighted by atomic mass is 10.0. The second-order valence-corrected chi connectivity index (χ2v) is 6.78. The van der Waals surface area contributed by atoms with E-state index in [9.17, 15) is 9.50 Å². The summed E-state index contributed by atoms with van der Waals surface area (Å²) in [7, 11) is 0. The van der Waals surface area contributed by atoms with Crippen LogP contribution in [0, 0.1) is 5.82 Å². The monoisotopic (exact) mass is 321 g/mol. The number of aliphatic hydroxyl groups is 1. The number of hydrogen-bond acceptors (Lipinski definition) is 5. The molecule has 23 heavy (non-hydrogen) atoms. The van der Waals surface area contributed by atoms with Crippen LogP contribution in [0.2, 0.25) is 0 Å². The maximum absolute atomic E-state index is 13.0. The molecular weight excluding hydrogens is 297 g/mol. The fourth-order valence-corrected chi connectivity index (χ4v) is 3.87. The van der Waals surface area contributed by atoms with Crippen LogP contribution in [-0.2, 0) is 4.74 Å². The summed E-state index contributed by atoms with van der Waals surface area (Å²) < 4.78 is 18.3. The van der Waals surface area contributed by atoms with Gasteiger partial charge >= 0.3 is 0 Å². The van der Waals surface area contributed by atoms with Gasteiger partial charge in [0.05, 0.1) is 25.4 Å². The van der Waals surface area contributed by atoms with Crippen LogP contribution in [0.4, 0.5) is 10.1 Å². The van der Waals surface area contributed by atoms with Crippen LogP contribution in [0.1, 0.15) is 0 Å². The predicted molar refractivity (Wildman–Crippen MR) is 86.2 cm³/mol. The zero-order valence-corrected chi connectivity index (χ0v) is 13.3. The summed E-state index contributed by atoms with van der Waals surface area (Å²) in [6.07, 6.45) is -0.328. The lowest BCUT2D eigenvalue weighted by molar-refractivity contribution is -0.0246. The number of hydrogen-bond donors (Lipinski definition) is 1. The SMILES string of the molecule is OC1COCC1N1CC(N2CCN(c3ccc(F)cc3)CC2)C1. The molecule has 3 aliphatic heterocycles. The molecule has 1 aromatic carbocycles. The summed E-state index contributed by atoms with van der Waals surface area (Å²) in [6, 6.07) is 7.56. The predicted octanol–water partition coefficient (Wildman–Crippen LogP) is 0.392. The van der Waals surface area contributed by atoms with Crippen molar-refractivity contribution in [3.8, 4) is 0 Å². The Morgan fingerprint density at radius 2 is 1.65 bits per heavy atom. The van der Waals surface area contributed by atoms with Crippen molar-refractivity contribution in [2.45, 2.75) is 18.2 Å². The number of likely N-dealkylation sites (tertiary alicyclic amines) is 1. The Labute approximate surface area is 136 Å². The number of ether oxygens (including phenoxy) is 1. The molecule has 3 heterocycles. The number of rotatable bonds is 3. The van der Waals surface area contributed by atoms with Crippen molar-refractivity contribution in [1.29, 1.82) is 0 Å². The number of benzene rings is 1. The molecule has 5 nitrogen and oxygen atoms in total. The summed E-state index contributed by atoms with van der Waals surface area (Å²) in [5, 5.41) is 9.89. The Morgan fingerprint density at radius 3 is 2.26 bits per heavy atom. The highest BCUT2D eigenvalue weighted by molar-refractivity contribution is 5.46. The first-order valence-electron chi connectivity index (χ1n) is 8.45. The first-order valence-corrected chi connectivity index (χ1v) is 8.45. The van der Waals surface area contributed by atoms with Gasteiger partial charge in [0.1, 0.15) is 5.82 Å². The molecule has 3 saturated heterocycles. The van der Waals surface area contributed by atoms with Crippen LogP contribution in [0.3, 0.4) is 0 Å². The quantitative estimate of drug-likeness (QED) is 0.872. The van der Waals surface area contributed by atoms with Crippen molar-refractivity contribution >= 4 is 5.69 Å². The number of nitrogens with zero attached hydrogens (tertiary/aromatic N) is 3. The van der Waals surface area contributed by atoms with Crippen LogP contribution in [-0.4, -0.2) is 85.6 Å². The molecule has 3 aliphatic rings. The third kappa shape index (κ3) is 3.08. The van der Waals surface area contributed by atoms with Crippen molar-refractivity contribution < 1.29 is 14.2 Å². The third-order valence-electron chi connectivity index (χ3n) is 5.40. The van der Waals surface area contributed by atoms with Crippen LogP contribution >= 0.6 is 0 Å². The van der Waals surface area contributed by atoms with Gasteiger partial charge in [0.15, 0.2) is 0 Å². The number of piperazine rings is 1. The van der Waals surface area contributed by atoms with Crippen molar-refractivity contribution in [3.05, 3.63) is 30.1 Å². The van der Waals surface area contributed by atoms with E-state index >= 15 is 0 Å². The molecule has 0 spiro atoms. The molecule has 1 aromatic rings. The molecule has 126 valence electrons. The normalized spacial score (nSPS) is 30.6. The Kier molecular flexibility index (Phi) is 4.24. The van der Waals surface area contributed by atoms with Gasteiger partial charge in [0.2, 0.25) is 0 Å². The topological polar surface area (TPSA) is 39.2 Å². The zero-order chi connectivity index (χ0) is 15.8. The summed E-state index contributed by atoms with van der Waals surface area (Å²) in [5.74, 6) is -0.181. The van der Waals surface area contributed by atoms with Gasteiger partial charge in [-0.1, -0.05) is 0 Å². The van der Waals surface area contributed by atoms with E-state index in [4.69, 9.17) is 4.74 Å². The highest BCUT2D eigenvalue weighted by atomic mass is 19.1. The standard InChI is InChI=1S/C17H24FN3O2/c18-13-1-3-14(4-2-13)19-5-7-20(8-6-19)15-9-21(10-15)16-11-23-12-17(16)22/h1-4,15-17,22H,5-12H2. The fourth-order valence-electron chi connectivity index (χ4n) is 3.87. The lowest BCUT2D eigenvalue weighted by Crippen LogP contribution is -2.66. The van der Waals surface area contributed by atoms with E-state index in [1.54, 1.807) is 0 Å². The van der Waals surface area contributed by atoms with E-state index in [0.29, 0.717) is 19.3 Å². The fraction of sp³-hybridized carbons (Fsp3) is 0.647. The Balaban J connectivity index is 1.25.